The lowest BCUT2D eigenvalue weighted by atomic mass is 10.1. The zero-order valence-corrected chi connectivity index (χ0v) is 19.0. The van der Waals surface area contributed by atoms with Crippen LogP contribution < -0.4 is 20.1 Å². The summed E-state index contributed by atoms with van der Waals surface area (Å²) in [7, 11) is 0. The molecule has 1 aromatic heterocycles. The first-order valence-electron chi connectivity index (χ1n) is 11.0. The summed E-state index contributed by atoms with van der Waals surface area (Å²) in [5.41, 5.74) is 3.30. The Morgan fingerprint density at radius 3 is 2.81 bits per heavy atom. The van der Waals surface area contributed by atoms with Crippen LogP contribution in [0.5, 0.6) is 11.6 Å². The third-order valence-electron chi connectivity index (χ3n) is 4.77. The average molecular weight is 427 g/mol. The minimum Gasteiger partial charge on any atom is -0.488 e. The van der Waals surface area contributed by atoms with Crippen LogP contribution in [0.4, 0.5) is 0 Å². The second-order valence-corrected chi connectivity index (χ2v) is 7.93. The van der Waals surface area contributed by atoms with E-state index in [4.69, 9.17) is 19.2 Å². The van der Waals surface area contributed by atoms with Gasteiger partial charge in [-0.05, 0) is 44.9 Å². The van der Waals surface area contributed by atoms with Crippen molar-refractivity contribution in [3.8, 4) is 11.6 Å². The predicted molar refractivity (Wildman–Crippen MR) is 123 cm³/mol. The van der Waals surface area contributed by atoms with E-state index in [9.17, 15) is 0 Å². The van der Waals surface area contributed by atoms with Gasteiger partial charge in [0, 0.05) is 37.3 Å². The van der Waals surface area contributed by atoms with Crippen LogP contribution in [0.25, 0.3) is 0 Å². The van der Waals surface area contributed by atoms with Crippen molar-refractivity contribution in [2.45, 2.75) is 59.4 Å². The number of aliphatic imine (C=N–C) groups is 1. The van der Waals surface area contributed by atoms with E-state index in [0.29, 0.717) is 25.6 Å². The lowest BCUT2D eigenvalue weighted by Gasteiger charge is -2.18. The fraction of sp³-hybridized carbons (Fsp3) is 0.500. The van der Waals surface area contributed by atoms with Crippen LogP contribution >= 0.6 is 0 Å². The highest BCUT2D eigenvalue weighted by molar-refractivity contribution is 5.79. The molecule has 0 aliphatic carbocycles. The van der Waals surface area contributed by atoms with Gasteiger partial charge in [0.25, 0.3) is 0 Å². The summed E-state index contributed by atoms with van der Waals surface area (Å²) in [5.74, 6) is 2.29. The number of rotatable bonds is 9. The number of nitrogens with zero attached hydrogens (tertiary/aromatic N) is 2. The number of aromatic nitrogens is 1. The number of hydrogen-bond acceptors (Lipinski definition) is 5. The van der Waals surface area contributed by atoms with E-state index < -0.39 is 0 Å². The molecule has 0 radical (unpaired) electrons. The third-order valence-corrected chi connectivity index (χ3v) is 4.77. The number of aryl methyl sites for hydroxylation is 1. The summed E-state index contributed by atoms with van der Waals surface area (Å²) in [6, 6.07) is 10.2. The number of ether oxygens (including phenoxy) is 3. The van der Waals surface area contributed by atoms with Gasteiger partial charge in [-0.3, -0.25) is 0 Å². The highest BCUT2D eigenvalue weighted by Gasteiger charge is 2.18. The maximum absolute atomic E-state index is 6.20. The topological polar surface area (TPSA) is 77.0 Å². The molecule has 168 valence electrons. The largest absolute Gasteiger partial charge is 0.488 e. The summed E-state index contributed by atoms with van der Waals surface area (Å²) < 4.78 is 17.2. The van der Waals surface area contributed by atoms with Crippen LogP contribution in [-0.4, -0.2) is 42.9 Å². The number of benzene rings is 1. The molecule has 31 heavy (non-hydrogen) atoms. The van der Waals surface area contributed by atoms with Crippen LogP contribution in [0, 0.1) is 6.92 Å². The molecular formula is C24H34N4O3. The number of hydrogen-bond donors (Lipinski definition) is 2. The van der Waals surface area contributed by atoms with E-state index in [1.807, 2.05) is 26.0 Å². The van der Waals surface area contributed by atoms with Crippen LogP contribution in [0.3, 0.4) is 0 Å². The smallest absolute Gasteiger partial charge is 0.213 e. The van der Waals surface area contributed by atoms with E-state index >= 15 is 0 Å². The van der Waals surface area contributed by atoms with Crippen molar-refractivity contribution in [1.82, 2.24) is 15.6 Å². The number of nitrogens with one attached hydrogen (secondary N) is 2. The first-order chi connectivity index (χ1) is 15.0. The molecule has 0 bridgehead atoms. The molecule has 2 N–H and O–H groups in total. The first-order valence-corrected chi connectivity index (χ1v) is 11.0. The van der Waals surface area contributed by atoms with Gasteiger partial charge in [-0.2, -0.15) is 0 Å². The summed E-state index contributed by atoms with van der Waals surface area (Å²) >= 11 is 0. The van der Waals surface area contributed by atoms with Gasteiger partial charge in [-0.25, -0.2) is 9.98 Å². The molecule has 2 aromatic rings. The van der Waals surface area contributed by atoms with Crippen molar-refractivity contribution < 1.29 is 14.2 Å². The quantitative estimate of drug-likeness (QED) is 0.471. The van der Waals surface area contributed by atoms with Gasteiger partial charge in [0.05, 0.1) is 25.9 Å². The maximum atomic E-state index is 6.20. The molecule has 0 amide bonds. The molecule has 0 saturated carbocycles. The fourth-order valence-electron chi connectivity index (χ4n) is 3.21. The number of pyridine rings is 1. The molecule has 7 heteroatoms. The van der Waals surface area contributed by atoms with Crippen LogP contribution in [-0.2, 0) is 17.8 Å². The van der Waals surface area contributed by atoms with Crippen LogP contribution in [0.2, 0.25) is 0 Å². The summed E-state index contributed by atoms with van der Waals surface area (Å²) in [4.78, 5) is 9.04. The monoisotopic (exact) mass is 426 g/mol. The van der Waals surface area contributed by atoms with Crippen LogP contribution in [0.1, 0.15) is 43.9 Å². The highest BCUT2D eigenvalue weighted by atomic mass is 16.5. The second-order valence-electron chi connectivity index (χ2n) is 7.93. The number of guanidine groups is 1. The molecule has 1 aliphatic heterocycles. The van der Waals surface area contributed by atoms with Gasteiger partial charge >= 0.3 is 0 Å². The van der Waals surface area contributed by atoms with Gasteiger partial charge in [-0.15, -0.1) is 0 Å². The van der Waals surface area contributed by atoms with Crippen molar-refractivity contribution in [1.29, 1.82) is 0 Å². The Kier molecular flexibility index (Phi) is 8.53. The van der Waals surface area contributed by atoms with E-state index in [-0.39, 0.29) is 12.2 Å². The van der Waals surface area contributed by atoms with Gasteiger partial charge in [0.15, 0.2) is 5.96 Å². The molecule has 2 heterocycles. The molecule has 1 atom stereocenters. The molecule has 7 nitrogen and oxygen atoms in total. The third kappa shape index (κ3) is 7.43. The van der Waals surface area contributed by atoms with E-state index in [0.717, 1.165) is 42.4 Å². The van der Waals surface area contributed by atoms with Crippen molar-refractivity contribution in [3.63, 3.8) is 0 Å². The Hall–Kier alpha value is -2.80. The molecular weight excluding hydrogens is 392 g/mol. The van der Waals surface area contributed by atoms with Crippen molar-refractivity contribution >= 4 is 5.96 Å². The molecule has 1 unspecified atom stereocenters. The van der Waals surface area contributed by atoms with E-state index in [2.05, 4.69) is 47.7 Å². The molecule has 1 aliphatic rings. The van der Waals surface area contributed by atoms with Gasteiger partial charge in [0.1, 0.15) is 11.9 Å². The molecule has 1 aromatic carbocycles. The Labute approximate surface area is 185 Å². The Morgan fingerprint density at radius 2 is 2.13 bits per heavy atom. The zero-order valence-electron chi connectivity index (χ0n) is 19.0. The van der Waals surface area contributed by atoms with E-state index in [1.54, 1.807) is 6.20 Å². The highest BCUT2D eigenvalue weighted by Crippen LogP contribution is 2.23. The predicted octanol–water partition coefficient (Wildman–Crippen LogP) is 3.60. The van der Waals surface area contributed by atoms with Crippen LogP contribution in [0.15, 0.2) is 41.5 Å². The SMILES string of the molecule is CCNC(=NCc1ccc(OC(C)C)nc1)NCc1ccc(C)cc1OC1CCOC1. The lowest BCUT2D eigenvalue weighted by molar-refractivity contribution is 0.140. The Morgan fingerprint density at radius 1 is 1.26 bits per heavy atom. The summed E-state index contributed by atoms with van der Waals surface area (Å²) in [6.45, 7) is 11.4. The Balaban J connectivity index is 1.62. The lowest BCUT2D eigenvalue weighted by Crippen LogP contribution is -2.37. The maximum Gasteiger partial charge on any atom is 0.213 e. The van der Waals surface area contributed by atoms with Gasteiger partial charge < -0.3 is 24.8 Å². The van der Waals surface area contributed by atoms with Crippen molar-refractivity contribution in [2.24, 2.45) is 4.99 Å². The second kappa shape index (κ2) is 11.6. The molecule has 3 rings (SSSR count). The molecule has 1 fully saturated rings. The first kappa shape index (κ1) is 22.9. The van der Waals surface area contributed by atoms with Crippen molar-refractivity contribution in [3.05, 3.63) is 53.2 Å². The minimum absolute atomic E-state index is 0.109. The molecule has 0 spiro atoms. The summed E-state index contributed by atoms with van der Waals surface area (Å²) in [5, 5.41) is 6.71. The molecule has 1 saturated heterocycles. The normalized spacial score (nSPS) is 16.4. The minimum atomic E-state index is 0.109. The zero-order chi connectivity index (χ0) is 22.1. The average Bonchev–Trinajstić information content (AvgIpc) is 3.25. The van der Waals surface area contributed by atoms with Gasteiger partial charge in [0.2, 0.25) is 5.88 Å². The summed E-state index contributed by atoms with van der Waals surface area (Å²) in [6.07, 6.45) is 2.97. The standard InChI is InChI=1S/C24H34N4O3/c1-5-25-24(27-14-19-7-9-23(26-13-19)30-17(2)3)28-15-20-8-6-18(4)12-22(20)31-21-10-11-29-16-21/h6-9,12-13,17,21H,5,10-11,14-16H2,1-4H3,(H2,25,27,28). The van der Waals surface area contributed by atoms with Crippen molar-refractivity contribution in [2.75, 3.05) is 19.8 Å². The van der Waals surface area contributed by atoms with E-state index in [1.165, 1.54) is 5.56 Å². The Bertz CT molecular complexity index is 846. The fourth-order valence-corrected chi connectivity index (χ4v) is 3.21. The van der Waals surface area contributed by atoms with Gasteiger partial charge in [-0.1, -0.05) is 18.2 Å².